The van der Waals surface area contributed by atoms with Crippen LogP contribution >= 0.6 is 0 Å². The van der Waals surface area contributed by atoms with E-state index in [2.05, 4.69) is 54.5 Å². The molecule has 2 bridgehead atoms. The maximum Gasteiger partial charge on any atom is 0.312 e. The molecule has 0 aromatic carbocycles. The van der Waals surface area contributed by atoms with E-state index in [1.807, 2.05) is 0 Å². The minimum Gasteiger partial charge on any atom is -0.461 e. The smallest absolute Gasteiger partial charge is 0.312 e. The number of ether oxygens (including phenoxy) is 1. The van der Waals surface area contributed by atoms with Gasteiger partial charge in [-0.3, -0.25) is 9.59 Å². The third kappa shape index (κ3) is 2.39. The van der Waals surface area contributed by atoms with Gasteiger partial charge in [-0.05, 0) is 85.9 Å². The number of carbonyl (C=O) groups excluding carboxylic acids is 2. The molecule has 0 spiro atoms. The van der Waals surface area contributed by atoms with Crippen molar-refractivity contribution >= 4 is 11.8 Å². The van der Waals surface area contributed by atoms with E-state index < -0.39 is 0 Å². The highest BCUT2D eigenvalue weighted by Crippen LogP contribution is 2.76. The first-order valence-corrected chi connectivity index (χ1v) is 13.7. The summed E-state index contributed by atoms with van der Waals surface area (Å²) in [6, 6.07) is 0. The van der Waals surface area contributed by atoms with Gasteiger partial charge in [0.25, 0.3) is 0 Å². The molecular weight excluding hydrogens is 408 g/mol. The zero-order valence-electron chi connectivity index (χ0n) is 22.0. The zero-order chi connectivity index (χ0) is 23.8. The molecule has 6 rings (SSSR count). The van der Waals surface area contributed by atoms with Crippen LogP contribution < -0.4 is 0 Å². The van der Waals surface area contributed by atoms with Gasteiger partial charge in [-0.15, -0.1) is 0 Å². The predicted octanol–water partition coefficient (Wildman–Crippen LogP) is 6.89. The van der Waals surface area contributed by atoms with Crippen LogP contribution in [0.3, 0.4) is 0 Å². The van der Waals surface area contributed by atoms with Gasteiger partial charge in [0.2, 0.25) is 0 Å². The van der Waals surface area contributed by atoms with Crippen molar-refractivity contribution in [1.29, 1.82) is 0 Å². The van der Waals surface area contributed by atoms with Crippen molar-refractivity contribution in [2.75, 3.05) is 0 Å². The molecule has 0 aromatic heterocycles. The fourth-order valence-electron chi connectivity index (χ4n) is 10.9. The first-order valence-electron chi connectivity index (χ1n) is 13.7. The van der Waals surface area contributed by atoms with Gasteiger partial charge >= 0.3 is 5.97 Å². The molecule has 5 fully saturated rings. The second kappa shape index (κ2) is 6.16. The normalized spacial score (nSPS) is 56.6. The topological polar surface area (TPSA) is 43.4 Å². The third-order valence-electron chi connectivity index (χ3n) is 13.4. The Morgan fingerprint density at radius 1 is 0.848 bits per heavy atom. The number of rotatable bonds is 0. The molecule has 1 saturated heterocycles. The molecule has 0 amide bonds. The van der Waals surface area contributed by atoms with Gasteiger partial charge in [0, 0.05) is 23.7 Å². The molecule has 3 nitrogen and oxygen atoms in total. The standard InChI is InChI=1S/C30H44O3/c1-25(2)20-10-13-30(7)21(28(20,5)12-11-22(25)31)9-8-18-19-16-26(3)17-23(33-24(26)32)27(19,4)14-15-29(18,30)6/h8,19-21,23H,9-17H2,1-7H3/t19?,20?,21?,23-,26-,27+,28-,29+,30+/m0/s1. The molecule has 9 atom stereocenters. The van der Waals surface area contributed by atoms with Crippen molar-refractivity contribution in [3.63, 3.8) is 0 Å². The van der Waals surface area contributed by atoms with E-state index in [9.17, 15) is 9.59 Å². The second-order valence-electron chi connectivity index (χ2n) is 14.9. The van der Waals surface area contributed by atoms with Gasteiger partial charge < -0.3 is 4.74 Å². The number of hydrogen-bond acceptors (Lipinski definition) is 3. The van der Waals surface area contributed by atoms with Crippen molar-refractivity contribution in [3.05, 3.63) is 11.6 Å². The van der Waals surface area contributed by atoms with Gasteiger partial charge in [0.1, 0.15) is 11.9 Å². The van der Waals surface area contributed by atoms with E-state index in [4.69, 9.17) is 4.74 Å². The molecule has 0 N–H and O–H groups in total. The Morgan fingerprint density at radius 3 is 2.30 bits per heavy atom. The Hall–Kier alpha value is -1.12. The van der Waals surface area contributed by atoms with Crippen LogP contribution in [0.5, 0.6) is 0 Å². The zero-order valence-corrected chi connectivity index (χ0v) is 22.0. The molecule has 0 aromatic rings. The summed E-state index contributed by atoms with van der Waals surface area (Å²) in [5.74, 6) is 2.11. The molecule has 3 unspecified atom stereocenters. The summed E-state index contributed by atoms with van der Waals surface area (Å²) in [6.45, 7) is 16.8. The lowest BCUT2D eigenvalue weighted by molar-refractivity contribution is -0.186. The molecule has 1 aliphatic heterocycles. The van der Waals surface area contributed by atoms with Gasteiger partial charge in [-0.1, -0.05) is 53.2 Å². The summed E-state index contributed by atoms with van der Waals surface area (Å²) in [4.78, 5) is 25.7. The van der Waals surface area contributed by atoms with E-state index in [0.29, 0.717) is 23.5 Å². The molecule has 5 aliphatic carbocycles. The van der Waals surface area contributed by atoms with Crippen molar-refractivity contribution < 1.29 is 14.3 Å². The quantitative estimate of drug-likeness (QED) is 0.297. The Balaban J connectivity index is 1.44. The van der Waals surface area contributed by atoms with Crippen LogP contribution in [-0.4, -0.2) is 17.9 Å². The number of carbonyl (C=O) groups is 2. The maximum atomic E-state index is 12.9. The molecule has 1 heterocycles. The van der Waals surface area contributed by atoms with Crippen molar-refractivity contribution in [1.82, 2.24) is 0 Å². The highest BCUT2D eigenvalue weighted by molar-refractivity contribution is 5.85. The van der Waals surface area contributed by atoms with Gasteiger partial charge in [-0.25, -0.2) is 0 Å². The van der Waals surface area contributed by atoms with E-state index in [0.717, 1.165) is 38.5 Å². The Labute approximate surface area is 200 Å². The van der Waals surface area contributed by atoms with Crippen LogP contribution in [0, 0.1) is 50.2 Å². The Bertz CT molecular complexity index is 977. The fraction of sp³-hybridized carbons (Fsp3) is 0.867. The average molecular weight is 453 g/mol. The summed E-state index contributed by atoms with van der Waals surface area (Å²) in [5, 5.41) is 0. The van der Waals surface area contributed by atoms with Crippen molar-refractivity contribution in [3.8, 4) is 0 Å². The number of allylic oxidation sites excluding steroid dienone is 2. The van der Waals surface area contributed by atoms with Gasteiger partial charge in [0.05, 0.1) is 5.41 Å². The number of hydrogen-bond donors (Lipinski definition) is 0. The largest absolute Gasteiger partial charge is 0.461 e. The SMILES string of the molecule is CC1(C)C(=O)CC[C@@]2(C)C1CC[C@]1(C)C2CC=C2C3C[C@@]4(C)C[C@H](OC4=O)[C@]3(C)CC[C@]21C. The fourth-order valence-corrected chi connectivity index (χ4v) is 10.9. The molecule has 6 aliphatic rings. The van der Waals surface area contributed by atoms with Crippen LogP contribution in [0.15, 0.2) is 11.6 Å². The Kier molecular flexibility index (Phi) is 4.17. The molecule has 0 radical (unpaired) electrons. The number of esters is 1. The van der Waals surface area contributed by atoms with E-state index in [-0.39, 0.29) is 44.6 Å². The number of ketones is 1. The molecule has 3 heteroatoms. The average Bonchev–Trinajstić information content (AvgIpc) is 3.00. The molecular formula is C30H44O3. The number of fused-ring (bicyclic) bond motifs is 10. The van der Waals surface area contributed by atoms with Gasteiger partial charge in [-0.2, -0.15) is 0 Å². The minimum atomic E-state index is -0.302. The summed E-state index contributed by atoms with van der Waals surface area (Å²) in [5.41, 5.74) is 1.91. The van der Waals surface area contributed by atoms with E-state index >= 15 is 0 Å². The number of Topliss-reactive ketones (excluding diaryl/α,β-unsaturated/α-hetero) is 1. The van der Waals surface area contributed by atoms with Crippen molar-refractivity contribution in [2.24, 2.45) is 50.2 Å². The van der Waals surface area contributed by atoms with E-state index in [1.54, 1.807) is 5.57 Å². The minimum absolute atomic E-state index is 0.0486. The highest BCUT2D eigenvalue weighted by atomic mass is 16.6. The summed E-state index contributed by atoms with van der Waals surface area (Å²) in [7, 11) is 0. The van der Waals surface area contributed by atoms with Crippen LogP contribution in [0.2, 0.25) is 0 Å². The molecule has 4 saturated carbocycles. The maximum absolute atomic E-state index is 12.9. The predicted molar refractivity (Wildman–Crippen MR) is 129 cm³/mol. The summed E-state index contributed by atoms with van der Waals surface area (Å²) < 4.78 is 6.03. The lowest BCUT2D eigenvalue weighted by atomic mass is 9.33. The lowest BCUT2D eigenvalue weighted by Crippen LogP contribution is -2.64. The van der Waals surface area contributed by atoms with Crippen LogP contribution in [0.4, 0.5) is 0 Å². The third-order valence-corrected chi connectivity index (χ3v) is 13.4. The van der Waals surface area contributed by atoms with E-state index in [1.165, 1.54) is 19.3 Å². The van der Waals surface area contributed by atoms with Crippen molar-refractivity contribution in [2.45, 2.75) is 112 Å². The first-order chi connectivity index (χ1) is 15.2. The lowest BCUT2D eigenvalue weighted by Gasteiger charge is -2.70. The van der Waals surface area contributed by atoms with Crippen LogP contribution in [-0.2, 0) is 14.3 Å². The highest BCUT2D eigenvalue weighted by Gasteiger charge is 2.70. The monoisotopic (exact) mass is 452 g/mol. The first kappa shape index (κ1) is 22.4. The summed E-state index contributed by atoms with van der Waals surface area (Å²) in [6.07, 6.45) is 12.3. The molecule has 182 valence electrons. The van der Waals surface area contributed by atoms with Crippen LogP contribution in [0.25, 0.3) is 0 Å². The summed E-state index contributed by atoms with van der Waals surface area (Å²) >= 11 is 0. The van der Waals surface area contributed by atoms with Crippen LogP contribution in [0.1, 0.15) is 106 Å². The van der Waals surface area contributed by atoms with Gasteiger partial charge in [0.15, 0.2) is 0 Å². The molecule has 33 heavy (non-hydrogen) atoms. The second-order valence-corrected chi connectivity index (χ2v) is 14.9. The Morgan fingerprint density at radius 2 is 1.58 bits per heavy atom.